The van der Waals surface area contributed by atoms with E-state index in [1.165, 1.54) is 23.5 Å². The predicted octanol–water partition coefficient (Wildman–Crippen LogP) is 5.49. The lowest BCUT2D eigenvalue weighted by atomic mass is 10.0. The van der Waals surface area contributed by atoms with Crippen molar-refractivity contribution in [1.82, 2.24) is 13.9 Å². The van der Waals surface area contributed by atoms with E-state index >= 15 is 0 Å². The van der Waals surface area contributed by atoms with Crippen LogP contribution in [0.15, 0.2) is 96.0 Å². The molecule has 13 heteroatoms. The number of sulfone groups is 1. The first kappa shape index (κ1) is 34.2. The van der Waals surface area contributed by atoms with Crippen molar-refractivity contribution in [2.75, 3.05) is 37.5 Å². The Morgan fingerprint density at radius 1 is 0.980 bits per heavy atom. The zero-order chi connectivity index (χ0) is 34.9. The highest BCUT2D eigenvalue weighted by atomic mass is 32.2. The number of aromatic nitrogens is 2. The normalized spacial score (nSPS) is 15.2. The molecule has 0 aliphatic carbocycles. The Hall–Kier alpha value is -4.72. The van der Waals surface area contributed by atoms with Crippen molar-refractivity contribution in [3.63, 3.8) is 0 Å². The van der Waals surface area contributed by atoms with E-state index in [0.29, 0.717) is 65.9 Å². The van der Waals surface area contributed by atoms with E-state index in [2.05, 4.69) is 15.2 Å². The van der Waals surface area contributed by atoms with Crippen LogP contribution in [0.5, 0.6) is 0 Å². The largest absolute Gasteiger partial charge is 0.465 e. The summed E-state index contributed by atoms with van der Waals surface area (Å²) in [6.45, 7) is 3.98. The third-order valence-electron chi connectivity index (χ3n) is 9.06. The number of likely N-dealkylation sites (tertiary alicyclic amines) is 1. The van der Waals surface area contributed by atoms with E-state index in [1.54, 1.807) is 54.6 Å². The number of ether oxygens (including phenoxy) is 1. The standard InChI is InChI=1S/C36H39N5O6S2/c1-24(39-28-15-13-27(14-16-28)36(42)47-2)34-31-21-33(41(35(31)38-22-32(34)37)49(45,46)30-7-5-4-6-8-30)26-11-9-25(10-12-26)23-40-19-17-29(18-20-40)48(3,43)44/h4-16,21-22,24,29,39H,17-20,23,37H2,1-3H3. The molecule has 1 aliphatic heterocycles. The summed E-state index contributed by atoms with van der Waals surface area (Å²) < 4.78 is 58.6. The van der Waals surface area contributed by atoms with Crippen molar-refractivity contribution < 1.29 is 26.4 Å². The molecule has 2 aromatic heterocycles. The summed E-state index contributed by atoms with van der Waals surface area (Å²) in [6.07, 6.45) is 4.00. The molecule has 1 unspecified atom stereocenters. The van der Waals surface area contributed by atoms with Gasteiger partial charge in [-0.2, -0.15) is 0 Å². The van der Waals surface area contributed by atoms with Gasteiger partial charge in [0, 0.05) is 29.4 Å². The minimum Gasteiger partial charge on any atom is -0.465 e. The van der Waals surface area contributed by atoms with Gasteiger partial charge in [0.15, 0.2) is 5.65 Å². The number of nitrogens with one attached hydrogen (secondary N) is 1. The Balaban J connectivity index is 1.37. The monoisotopic (exact) mass is 701 g/mol. The second-order valence-electron chi connectivity index (χ2n) is 12.4. The molecule has 1 aliphatic rings. The van der Waals surface area contributed by atoms with Crippen LogP contribution in [0.4, 0.5) is 11.4 Å². The van der Waals surface area contributed by atoms with Crippen molar-refractivity contribution >= 4 is 48.2 Å². The van der Waals surface area contributed by atoms with Crippen molar-refractivity contribution in [1.29, 1.82) is 0 Å². The maximum absolute atomic E-state index is 14.3. The summed E-state index contributed by atoms with van der Waals surface area (Å²) in [5.74, 6) is -0.435. The molecule has 1 atom stereocenters. The molecule has 0 spiro atoms. The van der Waals surface area contributed by atoms with E-state index < -0.39 is 25.8 Å². The fourth-order valence-electron chi connectivity index (χ4n) is 6.46. The molecule has 11 nitrogen and oxygen atoms in total. The van der Waals surface area contributed by atoms with E-state index in [1.807, 2.05) is 37.3 Å². The van der Waals surface area contributed by atoms with Gasteiger partial charge in [-0.3, -0.25) is 4.90 Å². The number of methoxy groups -OCH3 is 1. The Kier molecular flexibility index (Phi) is 9.52. The van der Waals surface area contributed by atoms with Crippen LogP contribution in [-0.2, 0) is 31.1 Å². The van der Waals surface area contributed by atoms with Crippen LogP contribution in [0.25, 0.3) is 22.3 Å². The van der Waals surface area contributed by atoms with Gasteiger partial charge in [0.2, 0.25) is 0 Å². The molecule has 1 saturated heterocycles. The molecular formula is C36H39N5O6S2. The van der Waals surface area contributed by atoms with Crippen molar-refractivity contribution in [3.8, 4) is 11.3 Å². The van der Waals surface area contributed by atoms with Crippen LogP contribution in [0.2, 0.25) is 0 Å². The minimum absolute atomic E-state index is 0.125. The summed E-state index contributed by atoms with van der Waals surface area (Å²) in [4.78, 5) is 18.8. The van der Waals surface area contributed by atoms with Crippen molar-refractivity contribution in [3.05, 3.63) is 108 Å². The zero-order valence-corrected chi connectivity index (χ0v) is 29.2. The van der Waals surface area contributed by atoms with Crippen LogP contribution in [0, 0.1) is 0 Å². The predicted molar refractivity (Wildman–Crippen MR) is 192 cm³/mol. The number of nitrogen functional groups attached to an aromatic ring is 1. The van der Waals surface area contributed by atoms with Gasteiger partial charge in [0.1, 0.15) is 9.84 Å². The number of fused-ring (bicyclic) bond motifs is 1. The van der Waals surface area contributed by atoms with Gasteiger partial charge in [0.05, 0.1) is 46.4 Å². The lowest BCUT2D eigenvalue weighted by Gasteiger charge is -2.31. The number of benzene rings is 3. The first-order valence-corrected chi connectivity index (χ1v) is 19.3. The zero-order valence-electron chi connectivity index (χ0n) is 27.5. The molecule has 0 saturated carbocycles. The molecule has 0 amide bonds. The SMILES string of the molecule is COC(=O)c1ccc(NC(C)c2c(N)cnc3c2cc(-c2ccc(CN4CCC(S(C)(=O)=O)CC4)cc2)n3S(=O)(=O)c2ccccc2)cc1. The highest BCUT2D eigenvalue weighted by Gasteiger charge is 2.29. The maximum Gasteiger partial charge on any atom is 0.337 e. The molecule has 49 heavy (non-hydrogen) atoms. The second-order valence-corrected chi connectivity index (χ2v) is 16.5. The van der Waals surface area contributed by atoms with E-state index in [4.69, 9.17) is 10.5 Å². The first-order valence-electron chi connectivity index (χ1n) is 15.9. The summed E-state index contributed by atoms with van der Waals surface area (Å²) in [5.41, 5.74) is 11.2. The number of carbonyl (C=O) groups excluding carboxylic acids is 1. The molecule has 3 N–H and O–H groups in total. The lowest BCUT2D eigenvalue weighted by Crippen LogP contribution is -2.38. The lowest BCUT2D eigenvalue weighted by molar-refractivity contribution is 0.0600. The third kappa shape index (κ3) is 7.05. The smallest absolute Gasteiger partial charge is 0.337 e. The van der Waals surface area contributed by atoms with E-state index in [9.17, 15) is 21.6 Å². The number of hydrogen-bond donors (Lipinski definition) is 2. The van der Waals surface area contributed by atoms with E-state index in [0.717, 1.165) is 11.3 Å². The summed E-state index contributed by atoms with van der Waals surface area (Å²) in [6, 6.07) is 24.3. The summed E-state index contributed by atoms with van der Waals surface area (Å²) in [5, 5.41) is 3.70. The molecule has 0 bridgehead atoms. The topological polar surface area (TPSA) is 154 Å². The highest BCUT2D eigenvalue weighted by Crippen LogP contribution is 2.38. The third-order valence-corrected chi connectivity index (χ3v) is 12.5. The van der Waals surface area contributed by atoms with Gasteiger partial charge in [-0.1, -0.05) is 42.5 Å². The summed E-state index contributed by atoms with van der Waals surface area (Å²) >= 11 is 0. The minimum atomic E-state index is -4.09. The van der Waals surface area contributed by atoms with E-state index in [-0.39, 0.29) is 21.8 Å². The van der Waals surface area contributed by atoms with Crippen LogP contribution >= 0.6 is 0 Å². The Bertz CT molecular complexity index is 2190. The van der Waals surface area contributed by atoms with Crippen LogP contribution in [0.1, 0.15) is 47.3 Å². The summed E-state index contributed by atoms with van der Waals surface area (Å²) in [7, 11) is -5.81. The molecule has 256 valence electrons. The number of rotatable bonds is 10. The molecule has 3 heterocycles. The number of carbonyl (C=O) groups is 1. The number of pyridine rings is 1. The molecular weight excluding hydrogens is 663 g/mol. The van der Waals surface area contributed by atoms with Gasteiger partial charge in [-0.05, 0) is 86.4 Å². The van der Waals surface area contributed by atoms with Crippen LogP contribution in [0.3, 0.4) is 0 Å². The van der Waals surface area contributed by atoms with Gasteiger partial charge in [-0.15, -0.1) is 0 Å². The van der Waals surface area contributed by atoms with Gasteiger partial charge in [-0.25, -0.2) is 30.6 Å². The van der Waals surface area contributed by atoms with Gasteiger partial charge in [0.25, 0.3) is 10.0 Å². The highest BCUT2D eigenvalue weighted by molar-refractivity contribution is 7.91. The second kappa shape index (κ2) is 13.7. The van der Waals surface area contributed by atoms with Crippen LogP contribution < -0.4 is 11.1 Å². The average Bonchev–Trinajstić information content (AvgIpc) is 3.49. The van der Waals surface area contributed by atoms with Crippen molar-refractivity contribution in [2.24, 2.45) is 0 Å². The Labute approximate surface area is 286 Å². The average molecular weight is 702 g/mol. The fraction of sp³-hybridized carbons (Fsp3) is 0.278. The fourth-order valence-corrected chi connectivity index (χ4v) is 9.03. The number of nitrogens with zero attached hydrogens (tertiary/aromatic N) is 3. The number of anilines is 2. The molecule has 1 fully saturated rings. The Morgan fingerprint density at radius 3 is 2.24 bits per heavy atom. The van der Waals surface area contributed by atoms with Crippen LogP contribution in [-0.4, -0.2) is 68.4 Å². The Morgan fingerprint density at radius 2 is 1.63 bits per heavy atom. The maximum atomic E-state index is 14.3. The number of nitrogens with two attached hydrogens (primary N) is 1. The molecule has 0 radical (unpaired) electrons. The number of piperidine rings is 1. The number of hydrogen-bond acceptors (Lipinski definition) is 10. The van der Waals surface area contributed by atoms with Gasteiger partial charge >= 0.3 is 5.97 Å². The first-order chi connectivity index (χ1) is 23.4. The quantitative estimate of drug-likeness (QED) is 0.179. The molecule has 6 rings (SSSR count). The number of esters is 1. The van der Waals surface area contributed by atoms with Crippen molar-refractivity contribution in [2.45, 2.75) is 42.5 Å². The molecule has 5 aromatic rings. The molecule has 3 aromatic carbocycles. The van der Waals surface area contributed by atoms with Gasteiger partial charge < -0.3 is 15.8 Å².